The van der Waals surface area contributed by atoms with Crippen LogP contribution in [0.25, 0.3) is 54.9 Å². The number of aromatic nitrogens is 1. The summed E-state index contributed by atoms with van der Waals surface area (Å²) in [4.78, 5) is 17.0. The fourth-order valence-electron chi connectivity index (χ4n) is 7.03. The average molecular weight is 893 g/mol. The van der Waals surface area contributed by atoms with Crippen LogP contribution in [-0.4, -0.2) is 15.9 Å². The van der Waals surface area contributed by atoms with E-state index in [1.54, 1.807) is 0 Å². The van der Waals surface area contributed by atoms with E-state index in [4.69, 9.17) is 13.8 Å². The first-order chi connectivity index (χ1) is 24.5. The van der Waals surface area contributed by atoms with Crippen LogP contribution in [-0.2, 0) is 36.7 Å². The van der Waals surface area contributed by atoms with Crippen molar-refractivity contribution in [1.29, 1.82) is 0 Å². The van der Waals surface area contributed by atoms with Gasteiger partial charge in [0.1, 0.15) is 28.3 Å². The third-order valence-electron chi connectivity index (χ3n) is 11.6. The Hall–Kier alpha value is -3.73. The molecule has 53 heavy (non-hydrogen) atoms. The molecule has 3 heterocycles. The number of pyridine rings is 1. The fourth-order valence-corrected chi connectivity index (χ4v) is 7.03. The minimum atomic E-state index is -0.337. The number of carbonyl (C=O) groups excluding carboxylic acids is 1. The number of allylic oxidation sites excluding steroid dienone is 2. The number of aliphatic hydroxyl groups is 1. The van der Waals surface area contributed by atoms with Gasteiger partial charge in [-0.25, -0.2) is 0 Å². The zero-order valence-corrected chi connectivity index (χ0v) is 36.2. The van der Waals surface area contributed by atoms with Crippen LogP contribution in [0.1, 0.15) is 119 Å². The molecular weight excluding hydrogens is 835 g/mol. The molecule has 3 aromatic heterocycles. The monoisotopic (exact) mass is 893 g/mol. The van der Waals surface area contributed by atoms with Gasteiger partial charge in [0.25, 0.3) is 0 Å². The van der Waals surface area contributed by atoms with Crippen molar-refractivity contribution >= 4 is 49.5 Å². The summed E-state index contributed by atoms with van der Waals surface area (Å²) in [5.74, 6) is 1.78. The van der Waals surface area contributed by atoms with Gasteiger partial charge in [0.15, 0.2) is 5.78 Å². The van der Waals surface area contributed by atoms with Crippen LogP contribution in [0.2, 0.25) is 0 Å². The van der Waals surface area contributed by atoms with Crippen molar-refractivity contribution in [2.45, 2.75) is 121 Å². The van der Waals surface area contributed by atoms with E-state index in [2.05, 4.69) is 96.1 Å². The summed E-state index contributed by atoms with van der Waals surface area (Å²) in [5, 5.41) is 15.7. The summed E-state index contributed by atoms with van der Waals surface area (Å²) in [6.45, 7) is 25.4. The van der Waals surface area contributed by atoms with Crippen LogP contribution in [0.3, 0.4) is 0 Å². The topological polar surface area (TPSA) is 76.5 Å². The molecule has 0 spiro atoms. The van der Waals surface area contributed by atoms with Gasteiger partial charge in [-0.15, -0.1) is 29.1 Å². The first-order valence-corrected chi connectivity index (χ1v) is 19.1. The number of aliphatic hydroxyl groups excluding tert-OH is 1. The van der Waals surface area contributed by atoms with Crippen molar-refractivity contribution in [2.75, 3.05) is 0 Å². The quantitative estimate of drug-likeness (QED) is 0.0842. The molecule has 0 aliphatic rings. The smallest absolute Gasteiger partial charge is 0.164 e. The maximum atomic E-state index is 12.2. The number of hydrogen-bond donors (Lipinski definition) is 1. The van der Waals surface area contributed by atoms with E-state index in [-0.39, 0.29) is 47.9 Å². The van der Waals surface area contributed by atoms with Gasteiger partial charge in [0.05, 0.1) is 5.39 Å². The van der Waals surface area contributed by atoms with Crippen LogP contribution in [0.5, 0.6) is 0 Å². The van der Waals surface area contributed by atoms with Gasteiger partial charge in [0.2, 0.25) is 0 Å². The zero-order valence-electron chi connectivity index (χ0n) is 33.8. The predicted octanol–water partition coefficient (Wildman–Crippen LogP) is 13.8. The van der Waals surface area contributed by atoms with Crippen molar-refractivity contribution in [2.24, 2.45) is 16.7 Å². The number of ketones is 1. The Morgan fingerprint density at radius 2 is 1.47 bits per heavy atom. The number of nitrogens with zero attached hydrogens (tertiary/aromatic N) is 1. The van der Waals surface area contributed by atoms with E-state index in [9.17, 15) is 9.90 Å². The predicted molar refractivity (Wildman–Crippen MR) is 218 cm³/mol. The number of aryl methyl sites for hydroxylation is 1. The summed E-state index contributed by atoms with van der Waals surface area (Å²) in [6.07, 6.45) is 7.59. The Morgan fingerprint density at radius 1 is 0.849 bits per heavy atom. The van der Waals surface area contributed by atoms with Crippen molar-refractivity contribution < 1.29 is 38.8 Å². The number of carbonyl (C=O) groups is 1. The molecule has 0 saturated heterocycles. The Kier molecular flexibility index (Phi) is 12.9. The second kappa shape index (κ2) is 16.3. The van der Waals surface area contributed by atoms with Gasteiger partial charge >= 0.3 is 0 Å². The van der Waals surface area contributed by atoms with E-state index >= 15 is 0 Å². The standard InChI is InChI=1S/C32H30NO2.C15H28O2.Ir/c1-18(2)15-25-19(3)34-27-12-11-23-24-13-14-33-29(31(24)35-30(23)28(25)27)21-16-20-9-7-8-10-22(20)26(17-21)32(4,5)6;1-7-14(5,8-2)12(16)11-13(17)15(6,9-3)10-4;/h7-14,17-18H,15H2,1-6H3;11,16H,7-10H2,1-6H3;/q-1;;/b;12-11-;. The summed E-state index contributed by atoms with van der Waals surface area (Å²) in [7, 11) is 0. The molecule has 6 heteroatoms. The molecule has 3 aromatic carbocycles. The largest absolute Gasteiger partial charge is 0.512 e. The van der Waals surface area contributed by atoms with Gasteiger partial charge in [-0.05, 0) is 68.6 Å². The van der Waals surface area contributed by atoms with E-state index in [0.717, 1.165) is 87.4 Å². The molecule has 1 N–H and O–H groups in total. The molecule has 0 fully saturated rings. The van der Waals surface area contributed by atoms with E-state index in [0.29, 0.717) is 5.92 Å². The maximum absolute atomic E-state index is 12.2. The number of furan rings is 2. The van der Waals surface area contributed by atoms with E-state index in [1.165, 1.54) is 22.6 Å². The summed E-state index contributed by atoms with van der Waals surface area (Å²) in [5.41, 5.74) is 6.25. The summed E-state index contributed by atoms with van der Waals surface area (Å²) >= 11 is 0. The van der Waals surface area contributed by atoms with Crippen molar-refractivity contribution in [3.8, 4) is 11.3 Å². The molecule has 0 amide bonds. The molecule has 0 bridgehead atoms. The Bertz CT molecular complexity index is 2250. The summed E-state index contributed by atoms with van der Waals surface area (Å²) < 4.78 is 12.8. The third-order valence-corrected chi connectivity index (χ3v) is 11.6. The first-order valence-electron chi connectivity index (χ1n) is 19.1. The molecular formula is C47H58IrNO4-. The van der Waals surface area contributed by atoms with E-state index in [1.807, 2.05) is 47.7 Å². The fraction of sp³-hybridized carbons (Fsp3) is 0.447. The first kappa shape index (κ1) is 42.0. The Morgan fingerprint density at radius 3 is 2.08 bits per heavy atom. The average Bonchev–Trinajstić information content (AvgIpc) is 3.66. The molecule has 0 unspecified atom stereocenters. The second-order valence-corrected chi connectivity index (χ2v) is 16.5. The van der Waals surface area contributed by atoms with Gasteiger partial charge in [-0.3, -0.25) is 9.78 Å². The normalized spacial score (nSPS) is 12.8. The van der Waals surface area contributed by atoms with Gasteiger partial charge < -0.3 is 13.9 Å². The zero-order chi connectivity index (χ0) is 38.2. The molecule has 5 nitrogen and oxygen atoms in total. The summed E-state index contributed by atoms with van der Waals surface area (Å²) in [6, 6.07) is 20.6. The second-order valence-electron chi connectivity index (χ2n) is 16.5. The minimum Gasteiger partial charge on any atom is -0.512 e. The molecule has 6 rings (SSSR count). The minimum absolute atomic E-state index is 0. The molecule has 1 radical (unpaired) electrons. The number of fused-ring (bicyclic) bond motifs is 6. The van der Waals surface area contributed by atoms with Gasteiger partial charge in [-0.1, -0.05) is 105 Å². The third kappa shape index (κ3) is 8.20. The molecule has 0 atom stereocenters. The van der Waals surface area contributed by atoms with Gasteiger partial charge in [0, 0.05) is 65.2 Å². The number of hydrogen-bond acceptors (Lipinski definition) is 5. The number of benzene rings is 3. The van der Waals surface area contributed by atoms with Crippen LogP contribution in [0, 0.1) is 29.7 Å². The SMILES string of the molecule is CCC(C)(CC)C(=O)/C=C(\O)C(C)(CC)CC.Cc1oc2ccc3c4ccnc(-c5[c-]c6ccccc6c(C(C)(C)C)c5)c4oc3c2c1CC(C)C.[Ir]. The Labute approximate surface area is 330 Å². The Balaban J connectivity index is 0.000000299. The number of rotatable bonds is 10. The molecule has 0 saturated carbocycles. The van der Waals surface area contributed by atoms with Crippen LogP contribution >= 0.6 is 0 Å². The molecule has 0 aliphatic carbocycles. The van der Waals surface area contributed by atoms with Crippen LogP contribution in [0.15, 0.2) is 75.4 Å². The van der Waals surface area contributed by atoms with Crippen LogP contribution < -0.4 is 0 Å². The maximum Gasteiger partial charge on any atom is 0.164 e. The molecule has 6 aromatic rings. The van der Waals surface area contributed by atoms with Crippen LogP contribution in [0.4, 0.5) is 0 Å². The molecule has 0 aliphatic heterocycles. The van der Waals surface area contributed by atoms with Gasteiger partial charge in [-0.2, -0.15) is 0 Å². The van der Waals surface area contributed by atoms with Crippen molar-refractivity contribution in [1.82, 2.24) is 4.98 Å². The molecule has 285 valence electrons. The van der Waals surface area contributed by atoms with Crippen molar-refractivity contribution in [3.05, 3.63) is 89.5 Å². The van der Waals surface area contributed by atoms with Crippen molar-refractivity contribution in [3.63, 3.8) is 0 Å². The van der Waals surface area contributed by atoms with E-state index < -0.39 is 0 Å².